The minimum Gasteiger partial charge on any atom is -0.493 e. The standard InChI is InChI=1S/C20H21NO5/c1-13(22)26-19-18(15-7-5-4-6-8-15)21(20(19)23)12-14-9-10-16(24-2)17(11-14)25-3/h4-11,18-19H,12H2,1-3H3/t18-,19-/m1/s1. The topological polar surface area (TPSA) is 65.1 Å². The zero-order valence-electron chi connectivity index (χ0n) is 15.0. The van der Waals surface area contributed by atoms with Crippen LogP contribution in [0.3, 0.4) is 0 Å². The van der Waals surface area contributed by atoms with Gasteiger partial charge in [0.25, 0.3) is 5.91 Å². The fraction of sp³-hybridized carbons (Fsp3) is 0.300. The van der Waals surface area contributed by atoms with Crippen LogP contribution in [0.2, 0.25) is 0 Å². The maximum atomic E-state index is 12.6. The van der Waals surface area contributed by atoms with E-state index in [-0.39, 0.29) is 11.9 Å². The van der Waals surface area contributed by atoms with Crippen molar-refractivity contribution in [3.8, 4) is 11.5 Å². The molecule has 6 nitrogen and oxygen atoms in total. The molecule has 6 heteroatoms. The van der Waals surface area contributed by atoms with Gasteiger partial charge in [-0.05, 0) is 23.3 Å². The van der Waals surface area contributed by atoms with Gasteiger partial charge in [0.05, 0.1) is 14.2 Å². The van der Waals surface area contributed by atoms with Gasteiger partial charge in [-0.2, -0.15) is 0 Å². The van der Waals surface area contributed by atoms with Crippen molar-refractivity contribution < 1.29 is 23.8 Å². The van der Waals surface area contributed by atoms with Crippen molar-refractivity contribution in [2.45, 2.75) is 25.6 Å². The number of ether oxygens (including phenoxy) is 3. The Morgan fingerprint density at radius 2 is 1.73 bits per heavy atom. The van der Waals surface area contributed by atoms with Gasteiger partial charge >= 0.3 is 5.97 Å². The Kier molecular flexibility index (Phi) is 5.11. The van der Waals surface area contributed by atoms with Crippen molar-refractivity contribution in [1.82, 2.24) is 4.90 Å². The second kappa shape index (κ2) is 7.47. The lowest BCUT2D eigenvalue weighted by Gasteiger charge is -2.46. The van der Waals surface area contributed by atoms with Gasteiger partial charge in [0, 0.05) is 13.5 Å². The minimum absolute atomic E-state index is 0.205. The van der Waals surface area contributed by atoms with Crippen LogP contribution in [0.25, 0.3) is 0 Å². The van der Waals surface area contributed by atoms with Crippen LogP contribution in [-0.4, -0.2) is 37.1 Å². The Morgan fingerprint density at radius 3 is 2.35 bits per heavy atom. The summed E-state index contributed by atoms with van der Waals surface area (Å²) in [5, 5.41) is 0. The number of hydrogen-bond donors (Lipinski definition) is 0. The van der Waals surface area contributed by atoms with E-state index in [1.807, 2.05) is 42.5 Å². The Labute approximate surface area is 152 Å². The van der Waals surface area contributed by atoms with Gasteiger partial charge < -0.3 is 19.1 Å². The van der Waals surface area contributed by atoms with E-state index < -0.39 is 12.1 Å². The normalized spacial score (nSPS) is 18.9. The number of benzene rings is 2. The molecule has 0 aromatic heterocycles. The van der Waals surface area contributed by atoms with Gasteiger partial charge in [-0.15, -0.1) is 0 Å². The summed E-state index contributed by atoms with van der Waals surface area (Å²) in [6.07, 6.45) is -0.782. The van der Waals surface area contributed by atoms with E-state index in [0.717, 1.165) is 11.1 Å². The quantitative estimate of drug-likeness (QED) is 0.589. The fourth-order valence-corrected chi connectivity index (χ4v) is 3.17. The van der Waals surface area contributed by atoms with Gasteiger partial charge in [0.1, 0.15) is 6.04 Å². The Balaban J connectivity index is 1.86. The van der Waals surface area contributed by atoms with E-state index in [1.54, 1.807) is 25.2 Å². The average molecular weight is 355 g/mol. The van der Waals surface area contributed by atoms with Crippen LogP contribution in [0.5, 0.6) is 11.5 Å². The number of likely N-dealkylation sites (tertiary alicyclic amines) is 1. The molecule has 0 radical (unpaired) electrons. The molecule has 0 saturated carbocycles. The maximum Gasteiger partial charge on any atom is 0.303 e. The number of nitrogens with zero attached hydrogens (tertiary/aromatic N) is 1. The van der Waals surface area contributed by atoms with Crippen molar-refractivity contribution in [2.24, 2.45) is 0 Å². The third kappa shape index (κ3) is 3.35. The number of hydrogen-bond acceptors (Lipinski definition) is 5. The van der Waals surface area contributed by atoms with Crippen molar-refractivity contribution in [2.75, 3.05) is 14.2 Å². The molecule has 26 heavy (non-hydrogen) atoms. The number of rotatable bonds is 6. The van der Waals surface area contributed by atoms with Crippen LogP contribution in [0.15, 0.2) is 48.5 Å². The SMILES string of the molecule is COc1ccc(CN2C(=O)[C@H](OC(C)=O)[C@H]2c2ccccc2)cc1OC. The molecule has 0 bridgehead atoms. The van der Waals surface area contributed by atoms with Crippen molar-refractivity contribution >= 4 is 11.9 Å². The summed E-state index contributed by atoms with van der Waals surface area (Å²) >= 11 is 0. The average Bonchev–Trinajstić information content (AvgIpc) is 2.66. The van der Waals surface area contributed by atoms with Crippen molar-refractivity contribution in [3.05, 3.63) is 59.7 Å². The number of carbonyl (C=O) groups is 2. The molecule has 0 aliphatic carbocycles. The van der Waals surface area contributed by atoms with Crippen LogP contribution >= 0.6 is 0 Å². The predicted octanol–water partition coefficient (Wildman–Crippen LogP) is 2.72. The highest BCUT2D eigenvalue weighted by molar-refractivity contribution is 5.90. The highest BCUT2D eigenvalue weighted by atomic mass is 16.6. The number of carbonyl (C=O) groups excluding carboxylic acids is 2. The highest BCUT2D eigenvalue weighted by Crippen LogP contribution is 2.39. The molecular formula is C20H21NO5. The molecule has 0 spiro atoms. The zero-order chi connectivity index (χ0) is 18.7. The number of β-lactam (4-membered cyclic amide) rings is 1. The third-order valence-electron chi connectivity index (χ3n) is 4.38. The van der Waals surface area contributed by atoms with Crippen molar-refractivity contribution in [1.29, 1.82) is 0 Å². The second-order valence-corrected chi connectivity index (χ2v) is 6.04. The van der Waals surface area contributed by atoms with Crippen LogP contribution in [0.1, 0.15) is 24.1 Å². The van der Waals surface area contributed by atoms with Gasteiger partial charge in [0.15, 0.2) is 11.5 Å². The monoisotopic (exact) mass is 355 g/mol. The predicted molar refractivity (Wildman–Crippen MR) is 94.8 cm³/mol. The molecule has 1 saturated heterocycles. The lowest BCUT2D eigenvalue weighted by atomic mass is 9.90. The van der Waals surface area contributed by atoms with E-state index >= 15 is 0 Å². The minimum atomic E-state index is -0.782. The van der Waals surface area contributed by atoms with Crippen LogP contribution in [0, 0.1) is 0 Å². The molecule has 2 aromatic rings. The Bertz CT molecular complexity index is 805. The third-order valence-corrected chi connectivity index (χ3v) is 4.38. The first kappa shape index (κ1) is 17.8. The fourth-order valence-electron chi connectivity index (χ4n) is 3.17. The smallest absolute Gasteiger partial charge is 0.303 e. The molecule has 1 fully saturated rings. The molecular weight excluding hydrogens is 334 g/mol. The van der Waals surface area contributed by atoms with Crippen molar-refractivity contribution in [3.63, 3.8) is 0 Å². The lowest BCUT2D eigenvalue weighted by molar-refractivity contribution is -0.183. The molecule has 2 atom stereocenters. The van der Waals surface area contributed by atoms with E-state index in [0.29, 0.717) is 18.0 Å². The van der Waals surface area contributed by atoms with E-state index in [9.17, 15) is 9.59 Å². The van der Waals surface area contributed by atoms with Gasteiger partial charge in [-0.1, -0.05) is 36.4 Å². The summed E-state index contributed by atoms with van der Waals surface area (Å²) < 4.78 is 15.8. The lowest BCUT2D eigenvalue weighted by Crippen LogP contribution is -2.59. The second-order valence-electron chi connectivity index (χ2n) is 6.04. The van der Waals surface area contributed by atoms with Crippen LogP contribution < -0.4 is 9.47 Å². The first-order valence-corrected chi connectivity index (χ1v) is 8.28. The Hall–Kier alpha value is -3.02. The summed E-state index contributed by atoms with van der Waals surface area (Å²) in [6, 6.07) is 14.8. The molecule has 0 unspecified atom stereocenters. The number of amides is 1. The molecule has 2 aromatic carbocycles. The van der Waals surface area contributed by atoms with Gasteiger partial charge in [-0.25, -0.2) is 0 Å². The Morgan fingerprint density at radius 1 is 1.04 bits per heavy atom. The van der Waals surface area contributed by atoms with Gasteiger partial charge in [0.2, 0.25) is 6.10 Å². The summed E-state index contributed by atoms with van der Waals surface area (Å²) in [4.78, 5) is 25.6. The van der Waals surface area contributed by atoms with E-state index in [1.165, 1.54) is 6.92 Å². The maximum absolute atomic E-state index is 12.6. The zero-order valence-corrected chi connectivity index (χ0v) is 15.0. The van der Waals surface area contributed by atoms with Gasteiger partial charge in [-0.3, -0.25) is 9.59 Å². The molecule has 1 aliphatic heterocycles. The molecule has 1 aliphatic rings. The summed E-state index contributed by atoms with van der Waals surface area (Å²) in [5.74, 6) is 0.563. The van der Waals surface area contributed by atoms with Crippen LogP contribution in [-0.2, 0) is 20.9 Å². The summed E-state index contributed by atoms with van der Waals surface area (Å²) in [5.41, 5.74) is 1.83. The first-order valence-electron chi connectivity index (χ1n) is 8.28. The highest BCUT2D eigenvalue weighted by Gasteiger charge is 2.50. The molecule has 136 valence electrons. The van der Waals surface area contributed by atoms with E-state index in [4.69, 9.17) is 14.2 Å². The van der Waals surface area contributed by atoms with Crippen LogP contribution in [0.4, 0.5) is 0 Å². The molecule has 3 rings (SSSR count). The summed E-state index contributed by atoms with van der Waals surface area (Å²) in [6.45, 7) is 1.70. The summed E-state index contributed by atoms with van der Waals surface area (Å²) in [7, 11) is 3.14. The largest absolute Gasteiger partial charge is 0.493 e. The molecule has 1 heterocycles. The first-order chi connectivity index (χ1) is 12.5. The van der Waals surface area contributed by atoms with E-state index in [2.05, 4.69) is 0 Å². The number of esters is 1. The molecule has 0 N–H and O–H groups in total. The molecule has 1 amide bonds. The number of methoxy groups -OCH3 is 2.